The second kappa shape index (κ2) is 16.5. The largest absolute Gasteiger partial charge is 0.490 e. The van der Waals surface area contributed by atoms with Gasteiger partial charge in [-0.05, 0) is 87.3 Å². The van der Waals surface area contributed by atoms with Gasteiger partial charge < -0.3 is 20.2 Å². The van der Waals surface area contributed by atoms with Crippen LogP contribution in [0.25, 0.3) is 0 Å². The number of carboxylic acid groups (broad SMARTS) is 1. The lowest BCUT2D eigenvalue weighted by Gasteiger charge is -2.40. The zero-order valence-electron chi connectivity index (χ0n) is 33.3. The van der Waals surface area contributed by atoms with Crippen LogP contribution in [0.2, 0.25) is 5.02 Å². The Morgan fingerprint density at radius 2 is 1.60 bits per heavy atom. The Hall–Kier alpha value is -5.70. The maximum Gasteiger partial charge on any atom is 0.490 e. The summed E-state index contributed by atoms with van der Waals surface area (Å²) in [5.74, 6) is -4.62. The number of imide groups is 2. The number of carboxylic acids is 1. The highest BCUT2D eigenvalue weighted by Gasteiger charge is 2.49. The molecule has 1 aromatic heterocycles. The number of aromatic nitrogens is 2. The monoisotopic (exact) mass is 906 g/mol. The van der Waals surface area contributed by atoms with Gasteiger partial charge in [-0.15, -0.1) is 0 Å². The molecule has 2 bridgehead atoms. The van der Waals surface area contributed by atoms with Crippen LogP contribution in [0.4, 0.5) is 43.4 Å². The number of rotatable bonds is 8. The van der Waals surface area contributed by atoms with Gasteiger partial charge in [0.25, 0.3) is 17.7 Å². The molecule has 22 heteroatoms. The molecule has 0 spiro atoms. The Kier molecular flexibility index (Phi) is 11.5. The third-order valence-corrected chi connectivity index (χ3v) is 13.3. The number of nitrogens with zero attached hydrogens (tertiary/aromatic N) is 6. The number of halogens is 7. The van der Waals surface area contributed by atoms with Gasteiger partial charge in [0.15, 0.2) is 0 Å². The molecular formula is C41H41ClF6N8O7. The first kappa shape index (κ1) is 43.9. The SMILES string of the molecule is O=C(O)C(F)(F)F.O=C1CCC(N2C(=O)c3ccc(N4C[C@H]5C[C@@H]4CN5CC4CCN(c5cnn(C6(C(=O)Nc7ccc(C(F)(F)F)cc7Cl)CCC6)c5)CC4)cc3C2=O)C(=O)N1. The number of nitrogens with one attached hydrogen (secondary N) is 2. The molecule has 5 aliphatic heterocycles. The third-order valence-electron chi connectivity index (χ3n) is 13.0. The Morgan fingerprint density at radius 1 is 0.905 bits per heavy atom. The molecule has 1 aliphatic carbocycles. The molecule has 3 atom stereocenters. The van der Waals surface area contributed by atoms with Crippen LogP contribution in [-0.4, -0.2) is 117 Å². The fourth-order valence-corrected chi connectivity index (χ4v) is 9.67. The summed E-state index contributed by atoms with van der Waals surface area (Å²) in [7, 11) is 0. The van der Waals surface area contributed by atoms with Crippen LogP contribution in [0, 0.1) is 5.92 Å². The Bertz CT molecular complexity index is 2360. The van der Waals surface area contributed by atoms with Crippen molar-refractivity contribution >= 4 is 64.2 Å². The second-order valence-electron chi connectivity index (χ2n) is 16.7. The zero-order valence-corrected chi connectivity index (χ0v) is 34.1. The smallest absolute Gasteiger partial charge is 0.475 e. The molecule has 0 radical (unpaired) electrons. The number of likely N-dealkylation sites (tertiary alicyclic amines) is 1. The van der Waals surface area contributed by atoms with Gasteiger partial charge in [-0.25, -0.2) is 4.79 Å². The summed E-state index contributed by atoms with van der Waals surface area (Å²) in [6, 6.07) is 7.91. The first-order chi connectivity index (χ1) is 29.7. The summed E-state index contributed by atoms with van der Waals surface area (Å²) >= 11 is 6.13. The van der Waals surface area contributed by atoms with E-state index in [1.165, 1.54) is 6.07 Å². The molecule has 2 aromatic carbocycles. The van der Waals surface area contributed by atoms with Gasteiger partial charge in [-0.1, -0.05) is 11.6 Å². The van der Waals surface area contributed by atoms with Gasteiger partial charge in [0.1, 0.15) is 11.6 Å². The first-order valence-corrected chi connectivity index (χ1v) is 20.8. The van der Waals surface area contributed by atoms with Crippen LogP contribution in [-0.2, 0) is 30.9 Å². The second-order valence-corrected chi connectivity index (χ2v) is 17.1. The number of piperidine rings is 2. The van der Waals surface area contributed by atoms with E-state index in [1.807, 2.05) is 12.3 Å². The lowest BCUT2D eigenvalue weighted by Crippen LogP contribution is -2.54. The Morgan fingerprint density at radius 3 is 2.19 bits per heavy atom. The molecule has 6 aliphatic rings. The number of carbonyl (C=O) groups is 6. The molecule has 4 saturated heterocycles. The number of alkyl halides is 6. The predicted octanol–water partition coefficient (Wildman–Crippen LogP) is 5.29. The van der Waals surface area contributed by atoms with E-state index in [0.717, 1.165) is 86.8 Å². The summed E-state index contributed by atoms with van der Waals surface area (Å²) in [4.78, 5) is 81.3. The van der Waals surface area contributed by atoms with E-state index < -0.39 is 59.1 Å². The number of carbonyl (C=O) groups excluding carboxylic acids is 5. The van der Waals surface area contributed by atoms with Crippen molar-refractivity contribution in [3.8, 4) is 0 Å². The summed E-state index contributed by atoms with van der Waals surface area (Å²) in [5, 5.41) is 16.5. The van der Waals surface area contributed by atoms with E-state index in [4.69, 9.17) is 21.5 Å². The lowest BCUT2D eigenvalue weighted by atomic mass is 9.76. The maximum atomic E-state index is 13.5. The van der Waals surface area contributed by atoms with Gasteiger partial charge in [-0.3, -0.25) is 43.8 Å². The molecule has 5 fully saturated rings. The van der Waals surface area contributed by atoms with Crippen molar-refractivity contribution in [3.63, 3.8) is 0 Å². The topological polar surface area (TPSA) is 177 Å². The van der Waals surface area contributed by atoms with Crippen molar-refractivity contribution < 1.29 is 60.2 Å². The zero-order chi connectivity index (χ0) is 45.2. The first-order valence-electron chi connectivity index (χ1n) is 20.4. The Labute approximate surface area is 360 Å². The van der Waals surface area contributed by atoms with E-state index >= 15 is 0 Å². The van der Waals surface area contributed by atoms with Gasteiger partial charge in [0.05, 0.1) is 39.3 Å². The molecule has 6 heterocycles. The van der Waals surface area contributed by atoms with Gasteiger partial charge in [0, 0.05) is 63.1 Å². The summed E-state index contributed by atoms with van der Waals surface area (Å²) < 4.78 is 72.8. The standard InChI is InChI=1S/C39H40ClF3N8O5.C2HF3O2/c40-30-14-23(39(41,42)43)2-5-31(30)45-37(56)38(10-1-11-38)50-21-27(17-44-50)47-12-8-22(9-13-47)18-48-19-26-15-25(48)20-49(26)24-3-4-28-29(16-24)36(55)51(35(28)54)32-6-7-33(52)46-34(32)53;3-2(4,5)1(6)7/h2-5,14,16-17,21-22,25-26,32H,1,6-13,15,18-20H2,(H,45,56)(H,46,52,53);(H,6,7)/t25-,26-,32?;/m1./s1. The van der Waals surface area contributed by atoms with Crippen molar-refractivity contribution in [2.24, 2.45) is 5.92 Å². The summed E-state index contributed by atoms with van der Waals surface area (Å²) in [5.41, 5.74) is 0.706. The molecule has 5 amide bonds. The molecule has 1 saturated carbocycles. The van der Waals surface area contributed by atoms with Crippen molar-refractivity contribution in [1.29, 1.82) is 0 Å². The average molecular weight is 907 g/mol. The number of piperazine rings is 1. The minimum absolute atomic E-state index is 0.0764. The minimum atomic E-state index is -5.08. The maximum absolute atomic E-state index is 13.5. The predicted molar refractivity (Wildman–Crippen MR) is 212 cm³/mol. The van der Waals surface area contributed by atoms with Crippen molar-refractivity contribution in [2.45, 2.75) is 87.4 Å². The number of benzene rings is 2. The quantitative estimate of drug-likeness (QED) is 0.198. The molecule has 63 heavy (non-hydrogen) atoms. The van der Waals surface area contributed by atoms with E-state index in [1.54, 1.807) is 23.0 Å². The molecule has 3 aromatic rings. The van der Waals surface area contributed by atoms with Crippen LogP contribution in [0.5, 0.6) is 0 Å². The Balaban J connectivity index is 0.000000719. The van der Waals surface area contributed by atoms with Crippen molar-refractivity contribution in [2.75, 3.05) is 47.8 Å². The van der Waals surface area contributed by atoms with Crippen LogP contribution in [0.1, 0.15) is 77.6 Å². The van der Waals surface area contributed by atoms with Gasteiger partial charge >= 0.3 is 18.3 Å². The van der Waals surface area contributed by atoms with Gasteiger partial charge in [-0.2, -0.15) is 31.4 Å². The fourth-order valence-electron chi connectivity index (χ4n) is 9.45. The minimum Gasteiger partial charge on any atom is -0.475 e. The van der Waals surface area contributed by atoms with Crippen LogP contribution in [0.3, 0.4) is 0 Å². The summed E-state index contributed by atoms with van der Waals surface area (Å²) in [6.07, 6.45) is -0.775. The highest BCUT2D eigenvalue weighted by atomic mass is 35.5. The lowest BCUT2D eigenvalue weighted by molar-refractivity contribution is -0.192. The van der Waals surface area contributed by atoms with E-state index in [0.29, 0.717) is 30.4 Å². The van der Waals surface area contributed by atoms with Crippen LogP contribution >= 0.6 is 11.6 Å². The number of fused-ring (bicyclic) bond motifs is 3. The highest BCUT2D eigenvalue weighted by Crippen LogP contribution is 2.43. The number of hydrogen-bond acceptors (Lipinski definition) is 10. The van der Waals surface area contributed by atoms with E-state index in [9.17, 15) is 50.3 Å². The molecule has 336 valence electrons. The van der Waals surface area contributed by atoms with E-state index in [-0.39, 0.29) is 41.1 Å². The highest BCUT2D eigenvalue weighted by molar-refractivity contribution is 6.33. The number of amides is 5. The number of hydrogen-bond donors (Lipinski definition) is 3. The third kappa shape index (κ3) is 8.43. The molecular weight excluding hydrogens is 866 g/mol. The number of aliphatic carboxylic acids is 1. The van der Waals surface area contributed by atoms with Crippen molar-refractivity contribution in [1.82, 2.24) is 24.9 Å². The van der Waals surface area contributed by atoms with Crippen LogP contribution < -0.4 is 20.4 Å². The number of anilines is 3. The molecule has 15 nitrogen and oxygen atoms in total. The molecule has 9 rings (SSSR count). The molecule has 1 unspecified atom stereocenters. The average Bonchev–Trinajstić information content (AvgIpc) is 4.00. The van der Waals surface area contributed by atoms with Crippen molar-refractivity contribution in [3.05, 3.63) is 70.5 Å². The summed E-state index contributed by atoms with van der Waals surface area (Å²) in [6.45, 7) is 4.42. The fraction of sp³-hybridized carbons (Fsp3) is 0.488. The molecule has 3 N–H and O–H groups in total. The van der Waals surface area contributed by atoms with E-state index in [2.05, 4.69) is 30.4 Å². The normalized spacial score (nSPS) is 23.6. The van der Waals surface area contributed by atoms with Crippen LogP contribution in [0.15, 0.2) is 48.8 Å². The van der Waals surface area contributed by atoms with Gasteiger partial charge in [0.2, 0.25) is 11.8 Å².